The van der Waals surface area contributed by atoms with Gasteiger partial charge in [-0.1, -0.05) is 165 Å². The fourth-order valence-corrected chi connectivity index (χ4v) is 8.28. The van der Waals surface area contributed by atoms with Crippen LogP contribution < -0.4 is 4.90 Å². The number of nitrogens with zero attached hydrogens (tertiary/aromatic N) is 2. The minimum atomic E-state index is 1.04. The lowest BCUT2D eigenvalue weighted by Crippen LogP contribution is -2.09. The molecule has 276 valence electrons. The fourth-order valence-electron chi connectivity index (χ4n) is 8.28. The summed E-state index contributed by atoms with van der Waals surface area (Å²) in [6, 6.07) is 81.4. The number of rotatable bonds is 9. The van der Waals surface area contributed by atoms with Gasteiger partial charge in [0.15, 0.2) is 0 Å². The lowest BCUT2D eigenvalue weighted by molar-refractivity contribution is 1.12. The molecule has 0 aliphatic heterocycles. The van der Waals surface area contributed by atoms with Crippen molar-refractivity contribution < 1.29 is 0 Å². The van der Waals surface area contributed by atoms with Crippen LogP contribution in [0.15, 0.2) is 224 Å². The first-order valence-electron chi connectivity index (χ1n) is 20.1. The van der Waals surface area contributed by atoms with E-state index in [-0.39, 0.29) is 0 Å². The molecule has 9 aromatic carbocycles. The van der Waals surface area contributed by atoms with Gasteiger partial charge in [0.2, 0.25) is 0 Å². The Morgan fingerprint density at radius 3 is 1.19 bits per heavy atom. The van der Waals surface area contributed by atoms with E-state index in [0.717, 1.165) is 23.5 Å². The number of benzene rings is 9. The molecule has 10 aromatic rings. The molecule has 10 rings (SSSR count). The van der Waals surface area contributed by atoms with E-state index in [1.54, 1.807) is 0 Å². The van der Waals surface area contributed by atoms with Crippen LogP contribution in [-0.2, 0) is 6.42 Å². The van der Waals surface area contributed by atoms with Gasteiger partial charge < -0.3 is 9.47 Å². The summed E-state index contributed by atoms with van der Waals surface area (Å²) in [5.74, 6) is 0. The van der Waals surface area contributed by atoms with Crippen LogP contribution in [0.25, 0.3) is 72.0 Å². The number of aromatic nitrogens is 1. The molecule has 0 aliphatic rings. The van der Waals surface area contributed by atoms with Crippen LogP contribution in [0.3, 0.4) is 0 Å². The Morgan fingerprint density at radius 1 is 0.328 bits per heavy atom. The summed E-state index contributed by atoms with van der Waals surface area (Å²) >= 11 is 0. The molecule has 2 heteroatoms. The Hall–Kier alpha value is -7.42. The minimum absolute atomic E-state index is 1.04. The Bertz CT molecular complexity index is 2880. The largest absolute Gasteiger partial charge is 0.311 e. The first-order valence-corrected chi connectivity index (χ1v) is 20.1. The zero-order chi connectivity index (χ0) is 38.8. The van der Waals surface area contributed by atoms with Crippen molar-refractivity contribution in [2.24, 2.45) is 0 Å². The van der Waals surface area contributed by atoms with Crippen LogP contribution in [0, 0.1) is 0 Å². The van der Waals surface area contributed by atoms with Gasteiger partial charge in [-0.2, -0.15) is 0 Å². The van der Waals surface area contributed by atoms with Crippen molar-refractivity contribution in [3.05, 3.63) is 230 Å². The van der Waals surface area contributed by atoms with Crippen molar-refractivity contribution in [1.29, 1.82) is 0 Å². The molecule has 0 fully saturated rings. The molecule has 0 saturated heterocycles. The highest BCUT2D eigenvalue weighted by molar-refractivity contribution is 6.10. The third-order valence-corrected chi connectivity index (χ3v) is 11.4. The second kappa shape index (κ2) is 15.3. The van der Waals surface area contributed by atoms with Gasteiger partial charge in [-0.15, -0.1) is 0 Å². The van der Waals surface area contributed by atoms with E-state index >= 15 is 0 Å². The molecular weight excluding hydrogens is 701 g/mol. The predicted molar refractivity (Wildman–Crippen MR) is 247 cm³/mol. The van der Waals surface area contributed by atoms with E-state index in [1.807, 2.05) is 0 Å². The first kappa shape index (κ1) is 35.0. The van der Waals surface area contributed by atoms with Gasteiger partial charge in [0.25, 0.3) is 0 Å². The molecule has 0 bridgehead atoms. The number of hydrogen-bond acceptors (Lipinski definition) is 1. The Kier molecular flexibility index (Phi) is 9.21. The molecule has 0 radical (unpaired) electrons. The number of para-hydroxylation sites is 1. The molecule has 0 spiro atoms. The van der Waals surface area contributed by atoms with Crippen molar-refractivity contribution in [3.8, 4) is 50.2 Å². The molecule has 0 amide bonds. The smallest absolute Gasteiger partial charge is 0.0541 e. The van der Waals surface area contributed by atoms with Gasteiger partial charge in [0.05, 0.1) is 11.0 Å². The highest BCUT2D eigenvalue weighted by Crippen LogP contribution is 2.39. The summed E-state index contributed by atoms with van der Waals surface area (Å²) in [4.78, 5) is 2.34. The zero-order valence-corrected chi connectivity index (χ0v) is 32.5. The van der Waals surface area contributed by atoms with Crippen molar-refractivity contribution >= 4 is 38.9 Å². The SMILES string of the molecule is CCc1ccc(-n2c3ccccc3c3cc(-c4ccc(-c5ccc(N(c6ccc(-c7ccccc7)cc6)c6ccc(-c7ccccc7)cc6)cc5)cc4)ccc32)cc1. The lowest BCUT2D eigenvalue weighted by atomic mass is 9.98. The Labute approximate surface area is 340 Å². The monoisotopic (exact) mass is 742 g/mol. The average molecular weight is 743 g/mol. The molecule has 2 nitrogen and oxygen atoms in total. The Balaban J connectivity index is 0.953. The van der Waals surface area contributed by atoms with Gasteiger partial charge in [0.1, 0.15) is 0 Å². The molecule has 0 atom stereocenters. The van der Waals surface area contributed by atoms with Crippen LogP contribution in [0.2, 0.25) is 0 Å². The summed E-state index contributed by atoms with van der Waals surface area (Å²) in [7, 11) is 0. The van der Waals surface area contributed by atoms with Gasteiger partial charge in [-0.3, -0.25) is 0 Å². The summed E-state index contributed by atoms with van der Waals surface area (Å²) in [6.45, 7) is 2.20. The van der Waals surface area contributed by atoms with Crippen molar-refractivity contribution in [2.45, 2.75) is 13.3 Å². The van der Waals surface area contributed by atoms with E-state index in [4.69, 9.17) is 0 Å². The Morgan fingerprint density at radius 2 is 0.707 bits per heavy atom. The molecule has 0 saturated carbocycles. The van der Waals surface area contributed by atoms with Gasteiger partial charge in [-0.05, 0) is 123 Å². The quantitative estimate of drug-likeness (QED) is 0.143. The van der Waals surface area contributed by atoms with Gasteiger partial charge >= 0.3 is 0 Å². The minimum Gasteiger partial charge on any atom is -0.311 e. The van der Waals surface area contributed by atoms with E-state index in [1.165, 1.54) is 77.6 Å². The third-order valence-electron chi connectivity index (χ3n) is 11.4. The topological polar surface area (TPSA) is 8.17 Å². The standard InChI is InChI=1S/C56H42N2/c1-2-40-17-30-52(31-18-40)58-55-16-10-9-15-53(55)54-39-48(29-38-56(54)58)47-21-19-43(20-22-47)46-27-36-51(37-28-46)57(49-32-23-44(24-33-49)41-11-5-3-6-12-41)50-34-25-45(26-35-50)42-13-7-4-8-14-42/h3-39H,2H2,1H3. The highest BCUT2D eigenvalue weighted by atomic mass is 15.1. The third kappa shape index (κ3) is 6.65. The second-order valence-electron chi connectivity index (χ2n) is 14.9. The fraction of sp³-hybridized carbons (Fsp3) is 0.0357. The van der Waals surface area contributed by atoms with E-state index in [0.29, 0.717) is 0 Å². The molecule has 58 heavy (non-hydrogen) atoms. The van der Waals surface area contributed by atoms with Gasteiger partial charge in [-0.25, -0.2) is 0 Å². The van der Waals surface area contributed by atoms with Crippen LogP contribution in [0.1, 0.15) is 12.5 Å². The van der Waals surface area contributed by atoms with E-state index in [9.17, 15) is 0 Å². The molecule has 0 N–H and O–H groups in total. The second-order valence-corrected chi connectivity index (χ2v) is 14.9. The van der Waals surface area contributed by atoms with Crippen LogP contribution in [0.4, 0.5) is 17.1 Å². The molecule has 0 unspecified atom stereocenters. The van der Waals surface area contributed by atoms with Crippen molar-refractivity contribution in [3.63, 3.8) is 0 Å². The van der Waals surface area contributed by atoms with Crippen LogP contribution in [-0.4, -0.2) is 4.57 Å². The van der Waals surface area contributed by atoms with Crippen LogP contribution in [0.5, 0.6) is 0 Å². The summed E-state index contributed by atoms with van der Waals surface area (Å²) in [6.07, 6.45) is 1.04. The molecule has 0 aliphatic carbocycles. The molecule has 1 aromatic heterocycles. The summed E-state index contributed by atoms with van der Waals surface area (Å²) in [5, 5.41) is 2.53. The number of anilines is 3. The summed E-state index contributed by atoms with van der Waals surface area (Å²) < 4.78 is 2.39. The average Bonchev–Trinajstić information content (AvgIpc) is 3.64. The maximum atomic E-state index is 2.39. The zero-order valence-electron chi connectivity index (χ0n) is 32.5. The maximum absolute atomic E-state index is 2.39. The van der Waals surface area contributed by atoms with E-state index < -0.39 is 0 Å². The van der Waals surface area contributed by atoms with Crippen molar-refractivity contribution in [2.75, 3.05) is 4.90 Å². The number of fused-ring (bicyclic) bond motifs is 3. The maximum Gasteiger partial charge on any atom is 0.0541 e. The molecule has 1 heterocycles. The van der Waals surface area contributed by atoms with E-state index in [2.05, 4.69) is 241 Å². The van der Waals surface area contributed by atoms with Crippen molar-refractivity contribution in [1.82, 2.24) is 4.57 Å². The number of hydrogen-bond donors (Lipinski definition) is 0. The lowest BCUT2D eigenvalue weighted by Gasteiger charge is -2.26. The highest BCUT2D eigenvalue weighted by Gasteiger charge is 2.16. The van der Waals surface area contributed by atoms with Gasteiger partial charge in [0, 0.05) is 33.5 Å². The first-order chi connectivity index (χ1) is 28.7. The number of aryl methyl sites for hydroxylation is 1. The predicted octanol–water partition coefficient (Wildman–Crippen LogP) is 15.5. The molecular formula is C56H42N2. The van der Waals surface area contributed by atoms with Crippen LogP contribution >= 0.6 is 0 Å². The normalized spacial score (nSPS) is 11.3. The summed E-state index contributed by atoms with van der Waals surface area (Å²) in [5.41, 5.74) is 17.9.